The van der Waals surface area contributed by atoms with Crippen molar-refractivity contribution in [2.45, 2.75) is 36.5 Å². The molecule has 0 aromatic heterocycles. The Kier molecular flexibility index (Phi) is 8.28. The van der Waals surface area contributed by atoms with Crippen LogP contribution in [-0.4, -0.2) is 18.3 Å². The maximum absolute atomic E-state index is 13.9. The summed E-state index contributed by atoms with van der Waals surface area (Å²) in [7, 11) is -4.55. The second-order valence-corrected chi connectivity index (χ2v) is 10.5. The fourth-order valence-corrected chi connectivity index (χ4v) is 6.18. The molecular formula is C28H22F2N2O8S. The van der Waals surface area contributed by atoms with Gasteiger partial charge in [0, 0.05) is 0 Å². The zero-order valence-electron chi connectivity index (χ0n) is 21.7. The Bertz CT molecular complexity index is 1620. The van der Waals surface area contributed by atoms with Gasteiger partial charge in [-0.05, 0) is 85.6 Å². The summed E-state index contributed by atoms with van der Waals surface area (Å²) in [4.78, 5) is 21.8. The van der Waals surface area contributed by atoms with Crippen molar-refractivity contribution in [2.75, 3.05) is 0 Å². The molecule has 41 heavy (non-hydrogen) atoms. The highest BCUT2D eigenvalue weighted by molar-refractivity contribution is 7.91. The molecule has 0 saturated carbocycles. The molecule has 212 valence electrons. The van der Waals surface area contributed by atoms with Crippen LogP contribution in [0, 0.1) is 31.9 Å². The Morgan fingerprint density at radius 3 is 1.27 bits per heavy atom. The van der Waals surface area contributed by atoms with E-state index in [9.17, 15) is 37.4 Å². The number of nitro groups is 2. The molecule has 13 heteroatoms. The molecule has 0 spiro atoms. The van der Waals surface area contributed by atoms with Gasteiger partial charge in [0.25, 0.3) is 0 Å². The van der Waals surface area contributed by atoms with Crippen molar-refractivity contribution >= 4 is 21.2 Å². The first-order valence-corrected chi connectivity index (χ1v) is 13.7. The third-order valence-corrected chi connectivity index (χ3v) is 8.06. The van der Waals surface area contributed by atoms with Crippen molar-refractivity contribution in [1.29, 1.82) is 0 Å². The van der Waals surface area contributed by atoms with Crippen molar-refractivity contribution in [3.05, 3.63) is 116 Å². The van der Waals surface area contributed by atoms with E-state index < -0.39 is 52.5 Å². The van der Waals surface area contributed by atoms with E-state index in [1.54, 1.807) is 0 Å². The second kappa shape index (κ2) is 11.7. The van der Waals surface area contributed by atoms with Gasteiger partial charge in [-0.15, -0.1) is 0 Å². The number of hydrogen-bond acceptors (Lipinski definition) is 8. The van der Waals surface area contributed by atoms with E-state index in [4.69, 9.17) is 9.47 Å². The van der Waals surface area contributed by atoms with Crippen molar-refractivity contribution in [2.24, 2.45) is 0 Å². The molecule has 0 saturated heterocycles. The summed E-state index contributed by atoms with van der Waals surface area (Å²) in [5, 5.41) is 24.2. The summed E-state index contributed by atoms with van der Waals surface area (Å²) in [6.45, 7) is 3.04. The number of nitro benzene ring substituents is 2. The minimum Gasteiger partial charge on any atom is -0.450 e. The van der Waals surface area contributed by atoms with E-state index >= 15 is 0 Å². The topological polar surface area (TPSA) is 139 Å². The van der Waals surface area contributed by atoms with Crippen LogP contribution in [0.4, 0.5) is 20.2 Å². The van der Waals surface area contributed by atoms with Crippen LogP contribution in [0.1, 0.15) is 25.0 Å². The average Bonchev–Trinajstić information content (AvgIpc) is 2.94. The molecular weight excluding hydrogens is 562 g/mol. The summed E-state index contributed by atoms with van der Waals surface area (Å²) in [5.74, 6) is -1.43. The fraction of sp³-hybridized carbons (Fsp3) is 0.143. The van der Waals surface area contributed by atoms with Gasteiger partial charge in [-0.3, -0.25) is 20.2 Å². The summed E-state index contributed by atoms with van der Waals surface area (Å²) in [6.07, 6.45) is -0.193. The summed E-state index contributed by atoms with van der Waals surface area (Å²) in [6, 6.07) is 13.9. The monoisotopic (exact) mass is 584 g/mol. The molecule has 4 aromatic carbocycles. The molecule has 0 atom stereocenters. The molecule has 4 rings (SSSR count). The number of nitrogens with zero attached hydrogens (tertiary/aromatic N) is 2. The molecule has 0 N–H and O–H groups in total. The van der Waals surface area contributed by atoms with Gasteiger partial charge in [-0.25, -0.2) is 17.2 Å². The highest BCUT2D eigenvalue weighted by Gasteiger charge is 2.35. The van der Waals surface area contributed by atoms with E-state index in [0.717, 1.165) is 48.5 Å². The Morgan fingerprint density at radius 2 is 0.976 bits per heavy atom. The van der Waals surface area contributed by atoms with Gasteiger partial charge in [0.2, 0.25) is 21.3 Å². The molecule has 0 aliphatic heterocycles. The molecule has 4 aromatic rings. The number of rotatable bonds is 10. The van der Waals surface area contributed by atoms with Crippen LogP contribution in [-0.2, 0) is 22.7 Å². The largest absolute Gasteiger partial charge is 0.450 e. The quantitative estimate of drug-likeness (QED) is 0.140. The molecule has 0 aliphatic carbocycles. The lowest BCUT2D eigenvalue weighted by atomic mass is 10.1. The minimum atomic E-state index is -4.55. The number of hydrogen-bond donors (Lipinski definition) is 0. The number of ether oxygens (including phenoxy) is 2. The smallest absolute Gasteiger partial charge is 0.316 e. The van der Waals surface area contributed by atoms with Gasteiger partial charge in [-0.2, -0.15) is 0 Å². The molecule has 0 amide bonds. The molecule has 0 fully saturated rings. The molecule has 0 heterocycles. The maximum atomic E-state index is 13.9. The Hall–Kier alpha value is -4.91. The molecule has 0 aliphatic rings. The maximum Gasteiger partial charge on any atom is 0.316 e. The highest BCUT2D eigenvalue weighted by atomic mass is 32.2. The Morgan fingerprint density at radius 1 is 0.634 bits per heavy atom. The molecule has 0 bridgehead atoms. The predicted octanol–water partition coefficient (Wildman–Crippen LogP) is 7.32. The van der Waals surface area contributed by atoms with E-state index in [-0.39, 0.29) is 47.0 Å². The van der Waals surface area contributed by atoms with Gasteiger partial charge in [0.05, 0.1) is 30.8 Å². The SMILES string of the molecule is CCc1c(S(=O)(=O)c2ccc(Oc3ccc(F)cc3)c([N+](=O)[O-])c2CC)ccc(Oc2ccc(F)cc2)c1[N+](=O)[O-]. The summed E-state index contributed by atoms with van der Waals surface area (Å²) in [5.41, 5.74) is -1.57. The normalized spacial score (nSPS) is 11.2. The van der Waals surface area contributed by atoms with E-state index in [1.165, 1.54) is 38.1 Å². The lowest BCUT2D eigenvalue weighted by molar-refractivity contribution is -0.386. The zero-order chi connectivity index (χ0) is 29.9. The third-order valence-electron chi connectivity index (χ3n) is 6.14. The fourth-order valence-electron chi connectivity index (χ4n) is 4.32. The highest BCUT2D eigenvalue weighted by Crippen LogP contribution is 2.43. The van der Waals surface area contributed by atoms with Gasteiger partial charge >= 0.3 is 11.4 Å². The van der Waals surface area contributed by atoms with Crippen LogP contribution in [0.25, 0.3) is 0 Å². The molecule has 0 radical (unpaired) electrons. The van der Waals surface area contributed by atoms with Crippen molar-refractivity contribution in [3.63, 3.8) is 0 Å². The van der Waals surface area contributed by atoms with Crippen molar-refractivity contribution < 1.29 is 36.5 Å². The summed E-state index contributed by atoms with van der Waals surface area (Å²) >= 11 is 0. The lowest BCUT2D eigenvalue weighted by Gasteiger charge is -2.16. The van der Waals surface area contributed by atoms with Crippen molar-refractivity contribution in [3.8, 4) is 23.0 Å². The van der Waals surface area contributed by atoms with Crippen LogP contribution in [0.5, 0.6) is 23.0 Å². The summed E-state index contributed by atoms with van der Waals surface area (Å²) < 4.78 is 65.6. The van der Waals surface area contributed by atoms with Crippen molar-refractivity contribution in [1.82, 2.24) is 0 Å². The van der Waals surface area contributed by atoms with Crippen LogP contribution < -0.4 is 9.47 Å². The van der Waals surface area contributed by atoms with Crippen LogP contribution in [0.15, 0.2) is 82.6 Å². The van der Waals surface area contributed by atoms with E-state index in [2.05, 4.69) is 0 Å². The predicted molar refractivity (Wildman–Crippen MR) is 143 cm³/mol. The standard InChI is InChI=1S/C28H22F2N2O8S/c1-3-21-25(15-13-23(27(21)31(33)34)39-19-9-5-17(29)6-10-19)41(37,38)26-16-14-24(28(32(35)36)22(26)4-2)40-20-11-7-18(30)8-12-20/h5-16H,3-4H2,1-2H3. The van der Waals surface area contributed by atoms with Crippen LogP contribution in [0.3, 0.4) is 0 Å². The van der Waals surface area contributed by atoms with Gasteiger partial charge in [0.1, 0.15) is 23.1 Å². The third kappa shape index (κ3) is 5.84. The van der Waals surface area contributed by atoms with Gasteiger partial charge in [0.15, 0.2) is 0 Å². The zero-order valence-corrected chi connectivity index (χ0v) is 22.5. The Balaban J connectivity index is 1.86. The first-order chi connectivity index (χ1) is 19.5. The van der Waals surface area contributed by atoms with Crippen LogP contribution in [0.2, 0.25) is 0 Å². The Labute approximate surface area is 233 Å². The first-order valence-electron chi connectivity index (χ1n) is 12.2. The number of sulfone groups is 1. The average molecular weight is 585 g/mol. The lowest BCUT2D eigenvalue weighted by Crippen LogP contribution is -2.12. The molecule has 10 nitrogen and oxygen atoms in total. The number of halogens is 2. The first kappa shape index (κ1) is 29.1. The number of benzene rings is 4. The van der Waals surface area contributed by atoms with Gasteiger partial charge in [-0.1, -0.05) is 13.8 Å². The minimum absolute atomic E-state index is 0.0906. The van der Waals surface area contributed by atoms with Gasteiger partial charge < -0.3 is 9.47 Å². The second-order valence-electron chi connectivity index (χ2n) is 8.61. The van der Waals surface area contributed by atoms with Crippen LogP contribution >= 0.6 is 0 Å². The van der Waals surface area contributed by atoms with E-state index in [0.29, 0.717) is 0 Å². The van der Waals surface area contributed by atoms with E-state index in [1.807, 2.05) is 0 Å². The molecule has 0 unspecified atom stereocenters.